The summed E-state index contributed by atoms with van der Waals surface area (Å²) in [5.41, 5.74) is 2.90. The molecule has 1 heterocycles. The Labute approximate surface area is 161 Å². The van der Waals surface area contributed by atoms with Crippen molar-refractivity contribution >= 4 is 11.6 Å². The van der Waals surface area contributed by atoms with E-state index in [1.165, 1.54) is 6.33 Å². The van der Waals surface area contributed by atoms with Gasteiger partial charge in [-0.2, -0.15) is 0 Å². The van der Waals surface area contributed by atoms with Crippen molar-refractivity contribution in [2.24, 2.45) is 0 Å². The average Bonchev–Trinajstić information content (AvgIpc) is 3.24. The number of tetrazole rings is 1. The number of para-hydroxylation sites is 2. The zero-order valence-corrected chi connectivity index (χ0v) is 15.1. The third kappa shape index (κ3) is 3.73. The van der Waals surface area contributed by atoms with Gasteiger partial charge >= 0.3 is 0 Å². The second kappa shape index (κ2) is 7.71. The van der Waals surface area contributed by atoms with Gasteiger partial charge in [0.05, 0.1) is 11.3 Å². The number of carbonyl (C=O) groups is 1. The van der Waals surface area contributed by atoms with Crippen LogP contribution in [0.25, 0.3) is 5.69 Å². The van der Waals surface area contributed by atoms with E-state index in [1.54, 1.807) is 22.9 Å². The van der Waals surface area contributed by atoms with Gasteiger partial charge in [0.25, 0.3) is 5.91 Å². The van der Waals surface area contributed by atoms with Crippen molar-refractivity contribution in [3.05, 3.63) is 90.3 Å². The molecule has 0 bridgehead atoms. The molecule has 0 radical (unpaired) electrons. The highest BCUT2D eigenvalue weighted by Gasteiger charge is 2.14. The van der Waals surface area contributed by atoms with Gasteiger partial charge in [-0.05, 0) is 65.4 Å². The number of hydrogen-bond donors (Lipinski definition) is 1. The third-order valence-corrected chi connectivity index (χ3v) is 4.15. The van der Waals surface area contributed by atoms with E-state index in [0.717, 1.165) is 11.3 Å². The third-order valence-electron chi connectivity index (χ3n) is 4.15. The minimum absolute atomic E-state index is 0.249. The molecule has 1 aromatic heterocycles. The van der Waals surface area contributed by atoms with Crippen LogP contribution in [-0.4, -0.2) is 26.1 Å². The van der Waals surface area contributed by atoms with Crippen LogP contribution in [0.2, 0.25) is 0 Å². The average molecular weight is 371 g/mol. The number of aryl methyl sites for hydroxylation is 1. The van der Waals surface area contributed by atoms with Gasteiger partial charge in [0.15, 0.2) is 0 Å². The summed E-state index contributed by atoms with van der Waals surface area (Å²) in [5, 5.41) is 14.1. The Bertz CT molecular complexity index is 1100. The van der Waals surface area contributed by atoms with Crippen molar-refractivity contribution in [1.82, 2.24) is 20.2 Å². The van der Waals surface area contributed by atoms with Crippen LogP contribution in [0.1, 0.15) is 15.9 Å². The maximum absolute atomic E-state index is 12.8. The zero-order chi connectivity index (χ0) is 19.3. The molecule has 28 heavy (non-hydrogen) atoms. The Balaban J connectivity index is 1.55. The minimum Gasteiger partial charge on any atom is -0.457 e. The number of hydrogen-bond acceptors (Lipinski definition) is 5. The molecule has 0 fully saturated rings. The first-order valence-corrected chi connectivity index (χ1v) is 8.68. The molecule has 0 aliphatic carbocycles. The summed E-state index contributed by atoms with van der Waals surface area (Å²) in [6.45, 7) is 1.93. The highest BCUT2D eigenvalue weighted by atomic mass is 16.5. The number of anilines is 1. The summed E-state index contributed by atoms with van der Waals surface area (Å²) in [6.07, 6.45) is 1.53. The number of rotatable bonds is 5. The van der Waals surface area contributed by atoms with E-state index in [2.05, 4.69) is 20.8 Å². The van der Waals surface area contributed by atoms with Crippen molar-refractivity contribution in [1.29, 1.82) is 0 Å². The predicted molar refractivity (Wildman–Crippen MR) is 105 cm³/mol. The molecule has 0 saturated heterocycles. The molecule has 0 saturated carbocycles. The number of ether oxygens (including phenoxy) is 1. The van der Waals surface area contributed by atoms with Crippen molar-refractivity contribution in [2.75, 3.05) is 5.32 Å². The smallest absolute Gasteiger partial charge is 0.259 e. The van der Waals surface area contributed by atoms with Crippen LogP contribution >= 0.6 is 0 Å². The van der Waals surface area contributed by atoms with Crippen molar-refractivity contribution in [3.8, 4) is 17.2 Å². The zero-order valence-electron chi connectivity index (χ0n) is 15.1. The number of carbonyl (C=O) groups excluding carboxylic acids is 1. The largest absolute Gasteiger partial charge is 0.457 e. The Kier molecular flexibility index (Phi) is 4.79. The van der Waals surface area contributed by atoms with E-state index in [1.807, 2.05) is 61.5 Å². The molecular weight excluding hydrogens is 354 g/mol. The summed E-state index contributed by atoms with van der Waals surface area (Å²) < 4.78 is 7.45. The van der Waals surface area contributed by atoms with Crippen LogP contribution in [0.15, 0.2) is 79.1 Å². The molecule has 1 amide bonds. The van der Waals surface area contributed by atoms with Gasteiger partial charge in [-0.3, -0.25) is 4.79 Å². The molecule has 138 valence electrons. The highest BCUT2D eigenvalue weighted by molar-refractivity contribution is 6.06. The van der Waals surface area contributed by atoms with Crippen LogP contribution in [0, 0.1) is 6.92 Å². The lowest BCUT2D eigenvalue weighted by Crippen LogP contribution is -2.13. The number of amides is 1. The van der Waals surface area contributed by atoms with Gasteiger partial charge in [0.1, 0.15) is 17.8 Å². The van der Waals surface area contributed by atoms with Crippen LogP contribution < -0.4 is 10.1 Å². The molecule has 0 spiro atoms. The van der Waals surface area contributed by atoms with Crippen LogP contribution in [0.3, 0.4) is 0 Å². The monoisotopic (exact) mass is 371 g/mol. The van der Waals surface area contributed by atoms with Gasteiger partial charge in [-0.15, -0.1) is 5.10 Å². The van der Waals surface area contributed by atoms with E-state index in [-0.39, 0.29) is 5.91 Å². The topological polar surface area (TPSA) is 81.9 Å². The summed E-state index contributed by atoms with van der Waals surface area (Å²) in [5.74, 6) is 0.915. The first-order valence-electron chi connectivity index (χ1n) is 8.68. The SMILES string of the molecule is Cc1cc(NC(=O)c2ccccc2Oc2ccccc2)ccc1-n1cnnn1. The maximum atomic E-state index is 12.8. The number of nitrogens with one attached hydrogen (secondary N) is 1. The molecule has 4 aromatic rings. The molecule has 1 N–H and O–H groups in total. The first kappa shape index (κ1) is 17.4. The van der Waals surface area contributed by atoms with Gasteiger partial charge in [0.2, 0.25) is 0 Å². The van der Waals surface area contributed by atoms with Crippen molar-refractivity contribution in [3.63, 3.8) is 0 Å². The Morgan fingerprint density at radius 3 is 2.54 bits per heavy atom. The molecule has 0 atom stereocenters. The number of nitrogens with zero attached hydrogens (tertiary/aromatic N) is 4. The first-order chi connectivity index (χ1) is 13.7. The van der Waals surface area contributed by atoms with E-state index < -0.39 is 0 Å². The molecule has 3 aromatic carbocycles. The molecule has 0 aliphatic heterocycles. The summed E-state index contributed by atoms with van der Waals surface area (Å²) in [6, 6.07) is 22.0. The molecule has 7 nitrogen and oxygen atoms in total. The quantitative estimate of drug-likeness (QED) is 0.573. The lowest BCUT2D eigenvalue weighted by molar-refractivity contribution is 0.102. The fourth-order valence-corrected chi connectivity index (χ4v) is 2.82. The second-order valence-electron chi connectivity index (χ2n) is 6.12. The number of benzene rings is 3. The van der Waals surface area contributed by atoms with Crippen LogP contribution in [0.5, 0.6) is 11.5 Å². The Morgan fingerprint density at radius 1 is 1.00 bits per heavy atom. The van der Waals surface area contributed by atoms with E-state index in [4.69, 9.17) is 4.74 Å². The van der Waals surface area contributed by atoms with Crippen LogP contribution in [0.4, 0.5) is 5.69 Å². The standard InChI is InChI=1S/C21H17N5O2/c1-15-13-16(11-12-19(15)26-14-22-24-25-26)23-21(27)18-9-5-6-10-20(18)28-17-7-3-2-4-8-17/h2-14H,1H3,(H,23,27). The molecule has 0 aliphatic rings. The molecule has 7 heteroatoms. The molecule has 4 rings (SSSR count). The van der Waals surface area contributed by atoms with Gasteiger partial charge in [0, 0.05) is 5.69 Å². The van der Waals surface area contributed by atoms with Gasteiger partial charge in [-0.1, -0.05) is 30.3 Å². The maximum Gasteiger partial charge on any atom is 0.259 e. The van der Waals surface area contributed by atoms with E-state index in [0.29, 0.717) is 22.7 Å². The molecule has 0 unspecified atom stereocenters. The lowest BCUT2D eigenvalue weighted by atomic mass is 10.1. The summed E-state index contributed by atoms with van der Waals surface area (Å²) >= 11 is 0. The summed E-state index contributed by atoms with van der Waals surface area (Å²) in [7, 11) is 0. The fourth-order valence-electron chi connectivity index (χ4n) is 2.82. The second-order valence-corrected chi connectivity index (χ2v) is 6.12. The highest BCUT2D eigenvalue weighted by Crippen LogP contribution is 2.26. The fraction of sp³-hybridized carbons (Fsp3) is 0.0476. The van der Waals surface area contributed by atoms with Gasteiger partial charge in [-0.25, -0.2) is 4.68 Å². The Morgan fingerprint density at radius 2 is 1.79 bits per heavy atom. The Hall–Kier alpha value is -4.00. The number of aromatic nitrogens is 4. The predicted octanol–water partition coefficient (Wildman–Crippen LogP) is 4.02. The van der Waals surface area contributed by atoms with Gasteiger partial charge < -0.3 is 10.1 Å². The summed E-state index contributed by atoms with van der Waals surface area (Å²) in [4.78, 5) is 12.8. The normalized spacial score (nSPS) is 10.5. The van der Waals surface area contributed by atoms with E-state index >= 15 is 0 Å². The van der Waals surface area contributed by atoms with Crippen LogP contribution in [-0.2, 0) is 0 Å². The molecular formula is C21H17N5O2. The van der Waals surface area contributed by atoms with E-state index in [9.17, 15) is 4.79 Å². The lowest BCUT2D eigenvalue weighted by Gasteiger charge is -2.12. The van der Waals surface area contributed by atoms with Crippen molar-refractivity contribution < 1.29 is 9.53 Å². The minimum atomic E-state index is -0.249. The van der Waals surface area contributed by atoms with Crippen molar-refractivity contribution in [2.45, 2.75) is 6.92 Å².